The van der Waals surface area contributed by atoms with E-state index in [1.165, 1.54) is 43.8 Å². The van der Waals surface area contributed by atoms with Crippen molar-refractivity contribution in [3.63, 3.8) is 0 Å². The fraction of sp³-hybridized carbons (Fsp3) is 0.0164. The van der Waals surface area contributed by atoms with Crippen molar-refractivity contribution in [1.82, 2.24) is 0 Å². The molecule has 0 atom stereocenters. The molecule has 300 valence electrons. The van der Waals surface area contributed by atoms with Crippen LogP contribution in [0.3, 0.4) is 0 Å². The quantitative estimate of drug-likeness (QED) is 0.167. The van der Waals surface area contributed by atoms with Crippen LogP contribution in [0.4, 0.5) is 17.1 Å². The highest BCUT2D eigenvalue weighted by Gasteiger charge is 2.24. The van der Waals surface area contributed by atoms with Gasteiger partial charge in [0.2, 0.25) is 0 Å². The van der Waals surface area contributed by atoms with Crippen molar-refractivity contribution in [2.75, 3.05) is 4.90 Å². The van der Waals surface area contributed by atoms with E-state index in [1.807, 2.05) is 0 Å². The lowest BCUT2D eigenvalue weighted by molar-refractivity contribution is 0.669. The van der Waals surface area contributed by atoms with Crippen LogP contribution in [0.2, 0.25) is 0 Å². The maximum atomic E-state index is 6.83. The summed E-state index contributed by atoms with van der Waals surface area (Å²) in [6.07, 6.45) is 0. The fourth-order valence-electron chi connectivity index (χ4n) is 10.1. The van der Waals surface area contributed by atoms with E-state index in [0.717, 1.165) is 88.4 Å². The van der Waals surface area contributed by atoms with Gasteiger partial charge in [0.15, 0.2) is 0 Å². The van der Waals surface area contributed by atoms with E-state index < -0.39 is 0 Å². The van der Waals surface area contributed by atoms with Gasteiger partial charge in [-0.2, -0.15) is 0 Å². The molecule has 0 spiro atoms. The predicted molar refractivity (Wildman–Crippen MR) is 269 cm³/mol. The molecule has 0 unspecified atom stereocenters. The van der Waals surface area contributed by atoms with Gasteiger partial charge in [0.1, 0.15) is 22.3 Å². The summed E-state index contributed by atoms with van der Waals surface area (Å²) in [5.41, 5.74) is 14.8. The van der Waals surface area contributed by atoms with E-state index in [9.17, 15) is 0 Å². The summed E-state index contributed by atoms with van der Waals surface area (Å²) in [6, 6.07) is 78.6. The largest absolute Gasteiger partial charge is 0.456 e. The van der Waals surface area contributed by atoms with Crippen molar-refractivity contribution in [2.24, 2.45) is 0 Å². The molecule has 0 radical (unpaired) electrons. The molecule has 0 bridgehead atoms. The van der Waals surface area contributed by atoms with Gasteiger partial charge in [0, 0.05) is 32.8 Å². The maximum Gasteiger partial charge on any atom is 0.143 e. The molecule has 0 aliphatic rings. The Kier molecular flexibility index (Phi) is 8.13. The zero-order chi connectivity index (χ0) is 42.3. The van der Waals surface area contributed by atoms with Gasteiger partial charge in [-0.15, -0.1) is 0 Å². The van der Waals surface area contributed by atoms with Crippen LogP contribution in [0, 0.1) is 6.92 Å². The van der Waals surface area contributed by atoms with Crippen LogP contribution in [-0.2, 0) is 0 Å². The maximum absolute atomic E-state index is 6.83. The van der Waals surface area contributed by atoms with Crippen LogP contribution < -0.4 is 4.90 Å². The molecule has 3 nitrogen and oxygen atoms in total. The first-order valence-electron chi connectivity index (χ1n) is 21.9. The minimum atomic E-state index is 0.849. The Morgan fingerprint density at radius 1 is 0.328 bits per heavy atom. The number of nitrogens with zero attached hydrogens (tertiary/aromatic N) is 1. The third-order valence-electron chi connectivity index (χ3n) is 13.2. The molecule has 2 heterocycles. The van der Waals surface area contributed by atoms with E-state index in [4.69, 9.17) is 8.83 Å². The van der Waals surface area contributed by atoms with Gasteiger partial charge in [-0.05, 0) is 122 Å². The average molecular weight is 818 g/mol. The second-order valence-electron chi connectivity index (χ2n) is 16.8. The second kappa shape index (κ2) is 14.3. The number of para-hydroxylation sites is 1. The zero-order valence-corrected chi connectivity index (χ0v) is 35.0. The molecule has 0 aliphatic heterocycles. The SMILES string of the molecule is Cc1cccc2c1ccc1c2oc2cccc(N(c3ccc(-c4ccc(-c5cccc6ccccc56)cc4)cc3)c3ccccc3-c3cccc4oc5cc6ccccc6cc5c34)c21. The van der Waals surface area contributed by atoms with Gasteiger partial charge in [0.25, 0.3) is 0 Å². The van der Waals surface area contributed by atoms with E-state index in [0.29, 0.717) is 0 Å². The van der Waals surface area contributed by atoms with Crippen molar-refractivity contribution in [3.05, 3.63) is 224 Å². The number of fused-ring (bicyclic) bond motifs is 10. The third kappa shape index (κ3) is 5.68. The number of rotatable bonds is 6. The molecule has 13 aromatic rings. The molecule has 0 saturated heterocycles. The van der Waals surface area contributed by atoms with Crippen molar-refractivity contribution < 1.29 is 8.83 Å². The van der Waals surface area contributed by atoms with Crippen LogP contribution in [0.1, 0.15) is 5.56 Å². The normalized spacial score (nSPS) is 11.8. The fourth-order valence-corrected chi connectivity index (χ4v) is 10.1. The average Bonchev–Trinajstić information content (AvgIpc) is 3.93. The Labute approximate surface area is 369 Å². The predicted octanol–water partition coefficient (Wildman–Crippen LogP) is 17.7. The molecule has 3 heteroatoms. The van der Waals surface area contributed by atoms with Gasteiger partial charge in [-0.25, -0.2) is 0 Å². The number of hydrogen-bond acceptors (Lipinski definition) is 3. The molecule has 64 heavy (non-hydrogen) atoms. The van der Waals surface area contributed by atoms with Crippen LogP contribution in [0.25, 0.3) is 110 Å². The molecule has 0 amide bonds. The lowest BCUT2D eigenvalue weighted by Gasteiger charge is -2.29. The van der Waals surface area contributed by atoms with Gasteiger partial charge in [-0.1, -0.05) is 164 Å². The first-order valence-corrected chi connectivity index (χ1v) is 21.9. The van der Waals surface area contributed by atoms with E-state index in [2.05, 4.69) is 230 Å². The molecule has 11 aromatic carbocycles. The molecule has 0 N–H and O–H groups in total. The van der Waals surface area contributed by atoms with Crippen molar-refractivity contribution in [3.8, 4) is 33.4 Å². The standard InChI is InChI=1S/C61H39NO2/c1-38-12-8-21-51-46(38)34-35-52-60-55(23-11-25-57(60)64-61(51)52)62(45-32-30-40(31-33-45)39-26-28-42(29-27-39)48-19-9-16-41-13-4-5-17-47(41)48)54-22-7-6-18-49(54)50-20-10-24-56-59(50)53-36-43-14-2-3-15-44(43)37-58(53)63-56/h2-37H,1H3. The van der Waals surface area contributed by atoms with E-state index in [1.54, 1.807) is 0 Å². The molecular weight excluding hydrogens is 779 g/mol. The molecule has 13 rings (SSSR count). The number of furan rings is 2. The van der Waals surface area contributed by atoms with Crippen molar-refractivity contribution >= 4 is 93.3 Å². The topological polar surface area (TPSA) is 29.5 Å². The first-order chi connectivity index (χ1) is 31.6. The Bertz CT molecular complexity index is 3960. The number of benzene rings is 11. The first kappa shape index (κ1) is 36.3. The van der Waals surface area contributed by atoms with Crippen LogP contribution >= 0.6 is 0 Å². The second-order valence-corrected chi connectivity index (χ2v) is 16.8. The Morgan fingerprint density at radius 2 is 0.906 bits per heavy atom. The molecule has 0 saturated carbocycles. The van der Waals surface area contributed by atoms with E-state index in [-0.39, 0.29) is 0 Å². The summed E-state index contributed by atoms with van der Waals surface area (Å²) in [4.78, 5) is 2.41. The summed E-state index contributed by atoms with van der Waals surface area (Å²) >= 11 is 0. The van der Waals surface area contributed by atoms with Gasteiger partial charge in [0.05, 0.1) is 16.8 Å². The van der Waals surface area contributed by atoms with E-state index >= 15 is 0 Å². The van der Waals surface area contributed by atoms with Gasteiger partial charge < -0.3 is 13.7 Å². The van der Waals surface area contributed by atoms with Crippen LogP contribution in [-0.4, -0.2) is 0 Å². The van der Waals surface area contributed by atoms with Crippen molar-refractivity contribution in [1.29, 1.82) is 0 Å². The number of hydrogen-bond donors (Lipinski definition) is 0. The minimum absolute atomic E-state index is 0.849. The Balaban J connectivity index is 1.00. The lowest BCUT2D eigenvalue weighted by Crippen LogP contribution is -2.11. The summed E-state index contributed by atoms with van der Waals surface area (Å²) in [7, 11) is 0. The summed E-state index contributed by atoms with van der Waals surface area (Å²) < 4.78 is 13.4. The smallest absolute Gasteiger partial charge is 0.143 e. The molecule has 0 fully saturated rings. The highest BCUT2D eigenvalue weighted by atomic mass is 16.3. The lowest BCUT2D eigenvalue weighted by atomic mass is 9.95. The summed E-state index contributed by atoms with van der Waals surface area (Å²) in [6.45, 7) is 2.16. The zero-order valence-electron chi connectivity index (χ0n) is 35.0. The van der Waals surface area contributed by atoms with Crippen LogP contribution in [0.5, 0.6) is 0 Å². The highest BCUT2D eigenvalue weighted by Crippen LogP contribution is 2.49. The highest BCUT2D eigenvalue weighted by molar-refractivity contribution is 6.21. The number of anilines is 3. The van der Waals surface area contributed by atoms with Gasteiger partial charge in [-0.3, -0.25) is 0 Å². The minimum Gasteiger partial charge on any atom is -0.456 e. The number of aryl methyl sites for hydroxylation is 1. The molecule has 0 aliphatic carbocycles. The molecule has 2 aromatic heterocycles. The van der Waals surface area contributed by atoms with Gasteiger partial charge >= 0.3 is 0 Å². The third-order valence-corrected chi connectivity index (χ3v) is 13.2. The van der Waals surface area contributed by atoms with Crippen LogP contribution in [0.15, 0.2) is 227 Å². The summed E-state index contributed by atoms with van der Waals surface area (Å²) in [5.74, 6) is 0. The van der Waals surface area contributed by atoms with Crippen molar-refractivity contribution in [2.45, 2.75) is 6.92 Å². The molecular formula is C61H39NO2. The Hall–Kier alpha value is -8.40. The Morgan fingerprint density at radius 3 is 1.75 bits per heavy atom. The summed E-state index contributed by atoms with van der Waals surface area (Å²) in [5, 5.41) is 11.5. The monoisotopic (exact) mass is 817 g/mol.